The van der Waals surface area contributed by atoms with E-state index in [-0.39, 0.29) is 31.4 Å². The van der Waals surface area contributed by atoms with Crippen LogP contribution in [-0.2, 0) is 19.6 Å². The van der Waals surface area contributed by atoms with Crippen molar-refractivity contribution in [3.8, 4) is 0 Å². The Hall–Kier alpha value is -2.23. The predicted octanol–water partition coefficient (Wildman–Crippen LogP) is 4.30. The van der Waals surface area contributed by atoms with Crippen molar-refractivity contribution in [3.63, 3.8) is 0 Å². The molecule has 1 saturated heterocycles. The van der Waals surface area contributed by atoms with Gasteiger partial charge >= 0.3 is 0 Å². The molecule has 0 N–H and O–H groups in total. The van der Waals surface area contributed by atoms with Crippen molar-refractivity contribution in [2.24, 2.45) is 0 Å². The Balaban J connectivity index is 1.71. The van der Waals surface area contributed by atoms with Crippen LogP contribution in [0.15, 0.2) is 42.5 Å². The Bertz CT molecular complexity index is 1130. The van der Waals surface area contributed by atoms with Crippen LogP contribution in [0, 0.1) is 11.6 Å². The zero-order chi connectivity index (χ0) is 23.8. The molecule has 2 aliphatic rings. The fraction of sp³-hybridized carbons (Fsp3) is 0.435. The lowest BCUT2D eigenvalue weighted by atomic mass is 10.0. The lowest BCUT2D eigenvalue weighted by Gasteiger charge is -2.42. The molecule has 2 fully saturated rings. The van der Waals surface area contributed by atoms with Gasteiger partial charge in [-0.15, -0.1) is 0 Å². The van der Waals surface area contributed by atoms with E-state index >= 15 is 0 Å². The van der Waals surface area contributed by atoms with Gasteiger partial charge in [0, 0.05) is 11.1 Å². The number of benzene rings is 2. The van der Waals surface area contributed by atoms with Gasteiger partial charge in [-0.25, -0.2) is 17.2 Å². The van der Waals surface area contributed by atoms with Crippen LogP contribution >= 0.6 is 11.6 Å². The number of carbonyl (C=O) groups is 1. The van der Waals surface area contributed by atoms with Crippen LogP contribution in [0.3, 0.4) is 0 Å². The number of amides is 1. The number of halogens is 3. The molecule has 33 heavy (non-hydrogen) atoms. The largest absolute Gasteiger partial charge is 0.369 e. The molecule has 0 spiro atoms. The number of rotatable bonds is 8. The van der Waals surface area contributed by atoms with Gasteiger partial charge in [-0.2, -0.15) is 0 Å². The normalized spacial score (nSPS) is 20.1. The summed E-state index contributed by atoms with van der Waals surface area (Å²) in [6.07, 6.45) is 1.40. The Morgan fingerprint density at radius 1 is 1.18 bits per heavy atom. The maximum Gasteiger partial charge on any atom is 0.249 e. The molecule has 4 rings (SSSR count). The van der Waals surface area contributed by atoms with Gasteiger partial charge in [-0.3, -0.25) is 9.10 Å². The van der Waals surface area contributed by atoms with E-state index in [4.69, 9.17) is 16.3 Å². The highest BCUT2D eigenvalue weighted by Crippen LogP contribution is 2.36. The fourth-order valence-electron chi connectivity index (χ4n) is 4.16. The van der Waals surface area contributed by atoms with E-state index in [1.165, 1.54) is 0 Å². The third-order valence-electron chi connectivity index (χ3n) is 6.05. The van der Waals surface area contributed by atoms with E-state index in [9.17, 15) is 22.0 Å². The lowest BCUT2D eigenvalue weighted by Crippen LogP contribution is -2.54. The second-order valence-corrected chi connectivity index (χ2v) is 10.9. The van der Waals surface area contributed by atoms with Crippen molar-refractivity contribution >= 4 is 33.2 Å². The molecule has 2 atom stereocenters. The van der Waals surface area contributed by atoms with Crippen molar-refractivity contribution in [3.05, 3.63) is 64.7 Å². The van der Waals surface area contributed by atoms with Crippen LogP contribution < -0.4 is 4.31 Å². The molecule has 6 nitrogen and oxygen atoms in total. The van der Waals surface area contributed by atoms with Crippen molar-refractivity contribution in [2.75, 3.05) is 24.1 Å². The van der Waals surface area contributed by atoms with Crippen molar-refractivity contribution < 1.29 is 26.7 Å². The van der Waals surface area contributed by atoms with Crippen LogP contribution in [0.5, 0.6) is 0 Å². The topological polar surface area (TPSA) is 66.9 Å². The van der Waals surface area contributed by atoms with Crippen molar-refractivity contribution in [1.29, 1.82) is 0 Å². The average Bonchev–Trinajstić information content (AvgIpc) is 3.62. The van der Waals surface area contributed by atoms with E-state index in [1.807, 2.05) is 6.92 Å². The molecular weight excluding hydrogens is 474 g/mol. The Kier molecular flexibility index (Phi) is 6.93. The molecule has 1 heterocycles. The molecule has 2 aromatic carbocycles. The molecule has 10 heteroatoms. The zero-order valence-electron chi connectivity index (χ0n) is 18.1. The van der Waals surface area contributed by atoms with E-state index in [2.05, 4.69) is 0 Å². The van der Waals surface area contributed by atoms with E-state index in [0.29, 0.717) is 30.4 Å². The Morgan fingerprint density at radius 2 is 1.88 bits per heavy atom. The smallest absolute Gasteiger partial charge is 0.249 e. The summed E-state index contributed by atoms with van der Waals surface area (Å²) in [6, 6.07) is 8.86. The number of anilines is 1. The highest BCUT2D eigenvalue weighted by molar-refractivity contribution is 7.93. The van der Waals surface area contributed by atoms with E-state index in [1.54, 1.807) is 29.2 Å². The standard InChI is InChI=1S/C23H25ClF2N2O4S/c1-2-18(28-22(13-32-14-23(28)29)15-3-5-16(24)6-4-15)12-27(33(30,31)19-8-9-19)21-10-7-17(25)11-20(21)26/h3-7,10-11,18-19,22H,2,8-9,12-14H2,1H3/t18-,22-/m0/s1. The van der Waals surface area contributed by atoms with Gasteiger partial charge < -0.3 is 9.64 Å². The van der Waals surface area contributed by atoms with E-state index in [0.717, 1.165) is 22.0 Å². The molecule has 1 saturated carbocycles. The van der Waals surface area contributed by atoms with Crippen molar-refractivity contribution in [1.82, 2.24) is 4.90 Å². The number of carbonyl (C=O) groups excluding carboxylic acids is 1. The minimum atomic E-state index is -3.88. The highest BCUT2D eigenvalue weighted by Gasteiger charge is 2.43. The zero-order valence-corrected chi connectivity index (χ0v) is 19.7. The highest BCUT2D eigenvalue weighted by atomic mass is 35.5. The minimum Gasteiger partial charge on any atom is -0.369 e. The first kappa shape index (κ1) is 23.9. The summed E-state index contributed by atoms with van der Waals surface area (Å²) in [4.78, 5) is 14.6. The average molecular weight is 499 g/mol. The Labute approximate surface area is 197 Å². The quantitative estimate of drug-likeness (QED) is 0.544. The maximum absolute atomic E-state index is 14.7. The molecule has 0 aromatic heterocycles. The summed E-state index contributed by atoms with van der Waals surface area (Å²) in [5.41, 5.74) is 0.584. The first-order chi connectivity index (χ1) is 15.7. The molecule has 1 amide bonds. The summed E-state index contributed by atoms with van der Waals surface area (Å²) in [5, 5.41) is -0.0548. The van der Waals surface area contributed by atoms with Gasteiger partial charge in [-0.05, 0) is 49.1 Å². The predicted molar refractivity (Wildman–Crippen MR) is 122 cm³/mol. The summed E-state index contributed by atoms with van der Waals surface area (Å²) >= 11 is 6.01. The SMILES string of the molecule is CC[C@@H](CN(c1ccc(F)cc1F)S(=O)(=O)C1CC1)N1C(=O)COC[C@H]1c1ccc(Cl)cc1. The third kappa shape index (κ3) is 5.00. The first-order valence-electron chi connectivity index (χ1n) is 10.8. The Morgan fingerprint density at radius 3 is 2.48 bits per heavy atom. The van der Waals surface area contributed by atoms with Crippen LogP contribution in [0.25, 0.3) is 0 Å². The number of sulfonamides is 1. The molecule has 0 bridgehead atoms. The molecule has 0 unspecified atom stereocenters. The lowest BCUT2D eigenvalue weighted by molar-refractivity contribution is -0.152. The molecule has 2 aromatic rings. The number of hydrogen-bond acceptors (Lipinski definition) is 4. The van der Waals surface area contributed by atoms with Gasteiger partial charge in [0.1, 0.15) is 18.2 Å². The van der Waals surface area contributed by atoms with E-state index < -0.39 is 39.0 Å². The van der Waals surface area contributed by atoms with Gasteiger partial charge in [-0.1, -0.05) is 30.7 Å². The van der Waals surface area contributed by atoms with Crippen LogP contribution in [0.2, 0.25) is 5.02 Å². The van der Waals surface area contributed by atoms with Crippen LogP contribution in [0.1, 0.15) is 37.8 Å². The van der Waals surface area contributed by atoms with Gasteiger partial charge in [0.25, 0.3) is 0 Å². The molecule has 0 radical (unpaired) electrons. The first-order valence-corrected chi connectivity index (χ1v) is 12.7. The van der Waals surface area contributed by atoms with Crippen molar-refractivity contribution in [2.45, 2.75) is 43.5 Å². The van der Waals surface area contributed by atoms with Crippen LogP contribution in [-0.4, -0.2) is 50.3 Å². The number of hydrogen-bond donors (Lipinski definition) is 0. The minimum absolute atomic E-state index is 0.124. The van der Waals surface area contributed by atoms with Gasteiger partial charge in [0.15, 0.2) is 0 Å². The van der Waals surface area contributed by atoms with Crippen LogP contribution in [0.4, 0.5) is 14.5 Å². The molecular formula is C23H25ClF2N2O4S. The molecule has 178 valence electrons. The fourth-order valence-corrected chi connectivity index (χ4v) is 6.18. The summed E-state index contributed by atoms with van der Waals surface area (Å²) in [6.45, 7) is 1.81. The number of nitrogens with zero attached hydrogens (tertiary/aromatic N) is 2. The summed E-state index contributed by atoms with van der Waals surface area (Å²) in [5.74, 6) is -2.04. The third-order valence-corrected chi connectivity index (χ3v) is 8.58. The molecule has 1 aliphatic carbocycles. The summed E-state index contributed by atoms with van der Waals surface area (Å²) in [7, 11) is -3.88. The number of ether oxygens (including phenoxy) is 1. The summed E-state index contributed by atoms with van der Waals surface area (Å²) < 4.78 is 61.2. The second-order valence-electron chi connectivity index (χ2n) is 8.32. The monoisotopic (exact) mass is 498 g/mol. The molecule has 1 aliphatic heterocycles. The maximum atomic E-state index is 14.7. The van der Waals surface area contributed by atoms with Gasteiger partial charge in [0.2, 0.25) is 15.9 Å². The number of morpholine rings is 1. The van der Waals surface area contributed by atoms with Gasteiger partial charge in [0.05, 0.1) is 36.2 Å². The second kappa shape index (κ2) is 9.56.